The number of thiazole rings is 1. The van der Waals surface area contributed by atoms with Crippen LogP contribution in [0.5, 0.6) is 0 Å². The summed E-state index contributed by atoms with van der Waals surface area (Å²) in [6.45, 7) is 0. The summed E-state index contributed by atoms with van der Waals surface area (Å²) < 4.78 is 2.47. The van der Waals surface area contributed by atoms with Crippen molar-refractivity contribution in [1.82, 2.24) is 9.97 Å². The third-order valence-corrected chi connectivity index (χ3v) is 4.48. The van der Waals surface area contributed by atoms with Crippen LogP contribution in [0.15, 0.2) is 42.7 Å². The van der Waals surface area contributed by atoms with Gasteiger partial charge in [0.15, 0.2) is 0 Å². The predicted octanol–water partition coefficient (Wildman–Crippen LogP) is 1.62. The fourth-order valence-electron chi connectivity index (χ4n) is 1.59. The van der Waals surface area contributed by atoms with Gasteiger partial charge < -0.3 is 0 Å². The third-order valence-electron chi connectivity index (χ3n) is 2.38. The molecule has 0 aliphatic carbocycles. The number of hydrogen-bond donors (Lipinski definition) is 0. The van der Waals surface area contributed by atoms with Crippen LogP contribution in [0.2, 0.25) is 0 Å². The molecular formula is C12H9AsN2S. The molecule has 1 atom stereocenters. The molecule has 78 valence electrons. The Morgan fingerprint density at radius 3 is 2.81 bits per heavy atom. The fraction of sp³-hybridized carbons (Fsp3) is 0. The first-order chi connectivity index (χ1) is 7.84. The van der Waals surface area contributed by atoms with Crippen molar-refractivity contribution < 1.29 is 0 Å². The molecule has 0 aliphatic heterocycles. The summed E-state index contributed by atoms with van der Waals surface area (Å²) in [5, 5.41) is 1.09. The molecule has 2 aromatic heterocycles. The molecule has 0 bridgehead atoms. The summed E-state index contributed by atoms with van der Waals surface area (Å²) >= 11 is 3.33. The number of benzene rings is 1. The van der Waals surface area contributed by atoms with E-state index in [1.54, 1.807) is 34.4 Å². The van der Waals surface area contributed by atoms with E-state index in [1.807, 2.05) is 12.3 Å². The van der Waals surface area contributed by atoms with Crippen LogP contribution in [0, 0.1) is 0 Å². The predicted molar refractivity (Wildman–Crippen MR) is 71.0 cm³/mol. The number of hydrogen-bond acceptors (Lipinski definition) is 3. The van der Waals surface area contributed by atoms with Crippen molar-refractivity contribution in [2.45, 2.75) is 0 Å². The van der Waals surface area contributed by atoms with Crippen LogP contribution in [0.25, 0.3) is 20.8 Å². The molecular weight excluding hydrogens is 279 g/mol. The van der Waals surface area contributed by atoms with Crippen molar-refractivity contribution in [1.29, 1.82) is 0 Å². The maximum absolute atomic E-state index is 4.63. The monoisotopic (exact) mass is 288 g/mol. The molecule has 0 N–H and O–H groups in total. The van der Waals surface area contributed by atoms with E-state index >= 15 is 0 Å². The molecule has 1 aromatic carbocycles. The SMILES string of the molecule is [AsH2]c1ccccc1-c1nc2ccncc2s1. The van der Waals surface area contributed by atoms with E-state index in [0.29, 0.717) is 0 Å². The van der Waals surface area contributed by atoms with Crippen molar-refractivity contribution in [3.8, 4) is 10.6 Å². The van der Waals surface area contributed by atoms with Crippen molar-refractivity contribution in [2.75, 3.05) is 0 Å². The van der Waals surface area contributed by atoms with Crippen LogP contribution in [-0.2, 0) is 0 Å². The van der Waals surface area contributed by atoms with E-state index in [2.05, 4.69) is 34.2 Å². The van der Waals surface area contributed by atoms with Crippen LogP contribution in [0.4, 0.5) is 0 Å². The summed E-state index contributed by atoms with van der Waals surface area (Å²) in [4.78, 5) is 8.75. The average molecular weight is 288 g/mol. The van der Waals surface area contributed by atoms with E-state index in [0.717, 1.165) is 15.2 Å². The summed E-state index contributed by atoms with van der Waals surface area (Å²) in [5.41, 5.74) is 2.27. The topological polar surface area (TPSA) is 25.8 Å². The van der Waals surface area contributed by atoms with Gasteiger partial charge in [0.25, 0.3) is 0 Å². The molecule has 0 aliphatic rings. The molecule has 0 amide bonds. The van der Waals surface area contributed by atoms with Crippen molar-refractivity contribution >= 4 is 42.8 Å². The average Bonchev–Trinajstić information content (AvgIpc) is 2.73. The van der Waals surface area contributed by atoms with Gasteiger partial charge >= 0.3 is 106 Å². The van der Waals surface area contributed by atoms with Gasteiger partial charge in [0, 0.05) is 0 Å². The first kappa shape index (κ1) is 10.0. The molecule has 3 rings (SSSR count). The summed E-state index contributed by atoms with van der Waals surface area (Å²) in [7, 11) is 0. The summed E-state index contributed by atoms with van der Waals surface area (Å²) in [6.07, 6.45) is 3.66. The number of pyridine rings is 1. The molecule has 2 nitrogen and oxygen atoms in total. The number of fused-ring (bicyclic) bond motifs is 1. The van der Waals surface area contributed by atoms with Crippen LogP contribution >= 0.6 is 11.3 Å². The van der Waals surface area contributed by atoms with Gasteiger partial charge in [-0.15, -0.1) is 0 Å². The van der Waals surface area contributed by atoms with Gasteiger partial charge in [-0.3, -0.25) is 0 Å². The normalized spacial score (nSPS) is 10.8. The zero-order valence-corrected chi connectivity index (χ0v) is 11.7. The molecule has 1 unspecified atom stereocenters. The molecule has 0 fully saturated rings. The molecule has 4 heteroatoms. The molecule has 0 radical (unpaired) electrons. The van der Waals surface area contributed by atoms with Crippen LogP contribution in [-0.4, -0.2) is 26.8 Å². The Morgan fingerprint density at radius 1 is 1.12 bits per heavy atom. The zero-order chi connectivity index (χ0) is 11.0. The van der Waals surface area contributed by atoms with E-state index in [-0.39, 0.29) is 0 Å². The van der Waals surface area contributed by atoms with Gasteiger partial charge in [-0.05, 0) is 0 Å². The maximum atomic E-state index is 4.63. The molecule has 0 saturated carbocycles. The van der Waals surface area contributed by atoms with Crippen molar-refractivity contribution in [2.24, 2.45) is 0 Å². The summed E-state index contributed by atoms with van der Waals surface area (Å²) in [5.74, 6) is 0. The van der Waals surface area contributed by atoms with Gasteiger partial charge in [-0.2, -0.15) is 0 Å². The Balaban J connectivity index is 2.23. The first-order valence-corrected chi connectivity index (χ1v) is 6.93. The molecule has 2 heterocycles. The van der Waals surface area contributed by atoms with E-state index in [4.69, 9.17) is 0 Å². The van der Waals surface area contributed by atoms with Gasteiger partial charge in [0.2, 0.25) is 0 Å². The minimum absolute atomic E-state index is 1.03. The van der Waals surface area contributed by atoms with Crippen molar-refractivity contribution in [3.63, 3.8) is 0 Å². The molecule has 0 spiro atoms. The fourth-order valence-corrected chi connectivity index (χ4v) is 3.51. The molecule has 16 heavy (non-hydrogen) atoms. The molecule has 0 saturated heterocycles. The van der Waals surface area contributed by atoms with E-state index in [1.165, 1.54) is 9.91 Å². The second-order valence-electron chi connectivity index (χ2n) is 3.45. The Kier molecular flexibility index (Phi) is 2.50. The quantitative estimate of drug-likeness (QED) is 0.636. The Bertz CT molecular complexity index is 615. The first-order valence-electron chi connectivity index (χ1n) is 4.90. The standard InChI is InChI=1S/C12H9AsN2S/c13-9-4-2-1-3-8(9)12-15-10-5-6-14-7-11(10)16-12/h1-7H,13H2. The number of rotatable bonds is 1. The Morgan fingerprint density at radius 2 is 2.00 bits per heavy atom. The summed E-state index contributed by atoms with van der Waals surface area (Å²) in [6, 6.07) is 10.3. The second kappa shape index (κ2) is 4.00. The van der Waals surface area contributed by atoms with E-state index in [9.17, 15) is 0 Å². The molecule has 3 aromatic rings. The van der Waals surface area contributed by atoms with Crippen LogP contribution in [0.3, 0.4) is 0 Å². The minimum atomic E-state index is 1.03. The zero-order valence-electron chi connectivity index (χ0n) is 8.42. The Hall–Kier alpha value is -1.18. The van der Waals surface area contributed by atoms with E-state index < -0.39 is 0 Å². The third kappa shape index (κ3) is 1.66. The van der Waals surface area contributed by atoms with Crippen molar-refractivity contribution in [3.05, 3.63) is 42.7 Å². The Labute approximate surface area is 106 Å². The number of aromatic nitrogens is 2. The second-order valence-corrected chi connectivity index (χ2v) is 5.79. The number of nitrogens with zero attached hydrogens (tertiary/aromatic N) is 2. The van der Waals surface area contributed by atoms with Gasteiger partial charge in [-0.1, -0.05) is 0 Å². The van der Waals surface area contributed by atoms with Gasteiger partial charge in [0.1, 0.15) is 0 Å². The van der Waals surface area contributed by atoms with Gasteiger partial charge in [-0.25, -0.2) is 0 Å². The van der Waals surface area contributed by atoms with Crippen LogP contribution in [0.1, 0.15) is 0 Å². The van der Waals surface area contributed by atoms with Crippen LogP contribution < -0.4 is 4.35 Å². The van der Waals surface area contributed by atoms with Gasteiger partial charge in [0.05, 0.1) is 0 Å².